The van der Waals surface area contributed by atoms with Crippen LogP contribution in [-0.4, -0.2) is 22.6 Å². The first-order chi connectivity index (χ1) is 15.0. The summed E-state index contributed by atoms with van der Waals surface area (Å²) in [7, 11) is 0. The molecule has 0 aliphatic heterocycles. The van der Waals surface area contributed by atoms with Gasteiger partial charge in [-0.15, -0.1) is 23.1 Å². The zero-order chi connectivity index (χ0) is 22.2. The number of benzene rings is 2. The molecule has 0 saturated carbocycles. The van der Waals surface area contributed by atoms with Gasteiger partial charge in [0.1, 0.15) is 12.4 Å². The van der Waals surface area contributed by atoms with E-state index in [1.54, 1.807) is 22.4 Å². The van der Waals surface area contributed by atoms with E-state index in [1.165, 1.54) is 47.7 Å². The quantitative estimate of drug-likeness (QED) is 0.302. The Morgan fingerprint density at radius 2 is 1.84 bits per heavy atom. The second kappa shape index (κ2) is 11.1. The first-order valence-electron chi connectivity index (χ1n) is 9.84. The number of rotatable bonds is 9. The van der Waals surface area contributed by atoms with E-state index in [0.29, 0.717) is 16.6 Å². The number of nitrogens with zero attached hydrogens (tertiary/aromatic N) is 2. The summed E-state index contributed by atoms with van der Waals surface area (Å²) < 4.78 is 18.2. The predicted octanol–water partition coefficient (Wildman–Crippen LogP) is 5.75. The number of aromatic nitrogens is 1. The van der Waals surface area contributed by atoms with E-state index >= 15 is 0 Å². The van der Waals surface area contributed by atoms with E-state index in [-0.39, 0.29) is 30.7 Å². The molecule has 0 bridgehead atoms. The van der Waals surface area contributed by atoms with Crippen LogP contribution in [-0.2, 0) is 27.4 Å². The molecule has 0 saturated heterocycles. The summed E-state index contributed by atoms with van der Waals surface area (Å²) in [6.07, 6.45) is 1.16. The minimum Gasteiger partial charge on any atom is -0.459 e. The van der Waals surface area contributed by atoms with Crippen molar-refractivity contribution in [3.63, 3.8) is 0 Å². The van der Waals surface area contributed by atoms with Gasteiger partial charge in [-0.3, -0.25) is 14.5 Å². The monoisotopic (exact) mass is 458 g/mol. The number of anilines is 2. The topological polar surface area (TPSA) is 59.5 Å². The van der Waals surface area contributed by atoms with Crippen LogP contribution in [0.25, 0.3) is 0 Å². The van der Waals surface area contributed by atoms with E-state index in [1.807, 2.05) is 24.3 Å². The molecule has 0 spiro atoms. The highest BCUT2D eigenvalue weighted by atomic mass is 32.2. The molecule has 0 atom stereocenters. The number of halogens is 1. The van der Waals surface area contributed by atoms with Gasteiger partial charge in [-0.1, -0.05) is 19.1 Å². The molecule has 162 valence electrons. The molecular weight excluding hydrogens is 435 g/mol. The van der Waals surface area contributed by atoms with Crippen molar-refractivity contribution >= 4 is 45.8 Å². The Hall–Kier alpha value is -2.71. The molecule has 0 aliphatic carbocycles. The van der Waals surface area contributed by atoms with Gasteiger partial charge in [0, 0.05) is 23.0 Å². The second-order valence-corrected chi connectivity index (χ2v) is 8.71. The largest absolute Gasteiger partial charge is 0.459 e. The number of carbonyl (C=O) groups is 2. The summed E-state index contributed by atoms with van der Waals surface area (Å²) in [4.78, 5) is 31.1. The smallest absolute Gasteiger partial charge is 0.307 e. The number of amides is 1. The van der Waals surface area contributed by atoms with Crippen LogP contribution in [0, 0.1) is 5.82 Å². The molecule has 0 unspecified atom stereocenters. The normalized spacial score (nSPS) is 10.7. The molecule has 0 fully saturated rings. The van der Waals surface area contributed by atoms with Gasteiger partial charge in [-0.05, 0) is 48.4 Å². The molecule has 3 rings (SSSR count). The highest BCUT2D eigenvalue weighted by Crippen LogP contribution is 2.29. The third-order valence-electron chi connectivity index (χ3n) is 4.42. The molecule has 3 aromatic rings. The number of hydrogen-bond acceptors (Lipinski definition) is 6. The van der Waals surface area contributed by atoms with Crippen molar-refractivity contribution in [2.24, 2.45) is 0 Å². The summed E-state index contributed by atoms with van der Waals surface area (Å²) in [5.41, 5.74) is 2.54. The number of aryl methyl sites for hydroxylation is 1. The number of carbonyl (C=O) groups excluding carboxylic acids is 2. The van der Waals surface area contributed by atoms with E-state index in [0.717, 1.165) is 17.0 Å². The molecule has 0 radical (unpaired) electrons. The Morgan fingerprint density at radius 3 is 2.48 bits per heavy atom. The third kappa shape index (κ3) is 6.63. The zero-order valence-electron chi connectivity index (χ0n) is 17.3. The molecule has 5 nitrogen and oxygen atoms in total. The maximum Gasteiger partial charge on any atom is 0.307 e. The summed E-state index contributed by atoms with van der Waals surface area (Å²) in [5, 5.41) is 2.32. The van der Waals surface area contributed by atoms with Crippen molar-refractivity contribution in [1.82, 2.24) is 4.98 Å². The van der Waals surface area contributed by atoms with E-state index in [4.69, 9.17) is 4.74 Å². The fourth-order valence-electron chi connectivity index (χ4n) is 2.78. The Labute approximate surface area is 189 Å². The van der Waals surface area contributed by atoms with Crippen LogP contribution >= 0.6 is 23.1 Å². The van der Waals surface area contributed by atoms with E-state index in [9.17, 15) is 14.0 Å². The Kier molecular flexibility index (Phi) is 8.20. The maximum absolute atomic E-state index is 12.9. The van der Waals surface area contributed by atoms with Crippen molar-refractivity contribution in [3.8, 4) is 0 Å². The zero-order valence-corrected chi connectivity index (χ0v) is 19.0. The first kappa shape index (κ1) is 23.0. The van der Waals surface area contributed by atoms with Crippen LogP contribution in [0.15, 0.2) is 58.8 Å². The molecule has 8 heteroatoms. The number of ether oxygens (including phenoxy) is 1. The summed E-state index contributed by atoms with van der Waals surface area (Å²) in [6, 6.07) is 13.9. The highest BCUT2D eigenvalue weighted by Gasteiger charge is 2.18. The molecule has 2 aromatic carbocycles. The van der Waals surface area contributed by atoms with Gasteiger partial charge in [-0.2, -0.15) is 0 Å². The summed E-state index contributed by atoms with van der Waals surface area (Å²) >= 11 is 2.79. The van der Waals surface area contributed by atoms with Gasteiger partial charge in [-0.25, -0.2) is 9.37 Å². The van der Waals surface area contributed by atoms with Crippen LogP contribution in [0.5, 0.6) is 0 Å². The fraction of sp³-hybridized carbons (Fsp3) is 0.261. The van der Waals surface area contributed by atoms with Gasteiger partial charge >= 0.3 is 5.97 Å². The molecule has 1 heterocycles. The first-order valence-corrected chi connectivity index (χ1v) is 11.7. The minimum absolute atomic E-state index is 0.0526. The van der Waals surface area contributed by atoms with Crippen molar-refractivity contribution in [2.45, 2.75) is 38.2 Å². The van der Waals surface area contributed by atoms with Gasteiger partial charge in [0.25, 0.3) is 0 Å². The SMILES string of the molecule is CCc1ccc(N(C(C)=O)c2nc(COC(=O)CCSc3ccc(F)cc3)cs2)cc1. The lowest BCUT2D eigenvalue weighted by molar-refractivity contribution is -0.144. The lowest BCUT2D eigenvalue weighted by Gasteiger charge is -2.18. The van der Waals surface area contributed by atoms with Crippen molar-refractivity contribution in [1.29, 1.82) is 0 Å². The number of thioether (sulfide) groups is 1. The van der Waals surface area contributed by atoms with Crippen molar-refractivity contribution < 1.29 is 18.7 Å². The van der Waals surface area contributed by atoms with Crippen molar-refractivity contribution in [3.05, 3.63) is 71.0 Å². The maximum atomic E-state index is 12.9. The molecule has 0 aliphatic rings. The van der Waals surface area contributed by atoms with Crippen molar-refractivity contribution in [2.75, 3.05) is 10.7 Å². The van der Waals surface area contributed by atoms with Crippen LogP contribution < -0.4 is 4.90 Å². The average molecular weight is 459 g/mol. The molecule has 1 aromatic heterocycles. The standard InChI is InChI=1S/C23H23FN2O3S2/c1-3-17-4-8-20(9-5-17)26(16(2)27)23-25-19(15-31-23)14-29-22(28)12-13-30-21-10-6-18(24)7-11-21/h4-11,15H,3,12-14H2,1-2H3. The lowest BCUT2D eigenvalue weighted by atomic mass is 10.1. The second-order valence-electron chi connectivity index (χ2n) is 6.71. The van der Waals surface area contributed by atoms with E-state index < -0.39 is 0 Å². The number of esters is 1. The molecule has 1 amide bonds. The molecule has 31 heavy (non-hydrogen) atoms. The predicted molar refractivity (Wildman–Crippen MR) is 122 cm³/mol. The van der Waals surface area contributed by atoms with Gasteiger partial charge in [0.15, 0.2) is 5.13 Å². The Bertz CT molecular complexity index is 1020. The van der Waals surface area contributed by atoms with Gasteiger partial charge < -0.3 is 4.74 Å². The molecule has 0 N–H and O–H groups in total. The number of thiazole rings is 1. The van der Waals surface area contributed by atoms with Crippen LogP contribution in [0.3, 0.4) is 0 Å². The summed E-state index contributed by atoms with van der Waals surface area (Å²) in [6.45, 7) is 3.62. The lowest BCUT2D eigenvalue weighted by Crippen LogP contribution is -2.22. The molecular formula is C23H23FN2O3S2. The Balaban J connectivity index is 1.52. The van der Waals surface area contributed by atoms with Crippen LogP contribution in [0.1, 0.15) is 31.5 Å². The number of hydrogen-bond donors (Lipinski definition) is 0. The van der Waals surface area contributed by atoms with Crippen LogP contribution in [0.2, 0.25) is 0 Å². The van der Waals surface area contributed by atoms with Gasteiger partial charge in [0.05, 0.1) is 17.8 Å². The minimum atomic E-state index is -0.331. The third-order valence-corrected chi connectivity index (χ3v) is 6.31. The van der Waals surface area contributed by atoms with Gasteiger partial charge in [0.2, 0.25) is 5.91 Å². The fourth-order valence-corrected chi connectivity index (χ4v) is 4.49. The van der Waals surface area contributed by atoms with Crippen LogP contribution in [0.4, 0.5) is 15.2 Å². The summed E-state index contributed by atoms with van der Waals surface area (Å²) in [5.74, 6) is -0.214. The average Bonchev–Trinajstić information content (AvgIpc) is 3.22. The van der Waals surface area contributed by atoms with E-state index in [2.05, 4.69) is 11.9 Å². The Morgan fingerprint density at radius 1 is 1.13 bits per heavy atom. The highest BCUT2D eigenvalue weighted by molar-refractivity contribution is 7.99.